The molecule has 0 bridgehead atoms. The Bertz CT molecular complexity index is 820. The fourth-order valence-electron chi connectivity index (χ4n) is 2.90. The highest BCUT2D eigenvalue weighted by molar-refractivity contribution is 8.00. The minimum absolute atomic E-state index is 0.140. The predicted octanol–water partition coefficient (Wildman–Crippen LogP) is 3.21. The largest absolute Gasteiger partial charge is 0.484 e. The summed E-state index contributed by atoms with van der Waals surface area (Å²) in [5.41, 5.74) is 1.09. The molecule has 1 aliphatic carbocycles. The third kappa shape index (κ3) is 5.98. The van der Waals surface area contributed by atoms with E-state index in [-0.39, 0.29) is 17.9 Å². The van der Waals surface area contributed by atoms with Crippen LogP contribution in [0.15, 0.2) is 33.9 Å². The fourth-order valence-corrected chi connectivity index (χ4v) is 3.60. The molecule has 1 atom stereocenters. The van der Waals surface area contributed by atoms with Gasteiger partial charge in [0.15, 0.2) is 6.61 Å². The van der Waals surface area contributed by atoms with Gasteiger partial charge in [-0.3, -0.25) is 10.1 Å². The van der Waals surface area contributed by atoms with Gasteiger partial charge in [0.1, 0.15) is 5.75 Å². The quantitative estimate of drug-likeness (QED) is 0.683. The lowest BCUT2D eigenvalue weighted by atomic mass is 10.2. The van der Waals surface area contributed by atoms with Crippen molar-refractivity contribution in [2.45, 2.75) is 62.7 Å². The number of benzene rings is 1. The lowest BCUT2D eigenvalue weighted by Crippen LogP contribution is -2.45. The molecule has 0 aliphatic heterocycles. The molecule has 150 valence electrons. The number of imide groups is 1. The number of nitrogens with one attached hydrogen (secondary N) is 2. The van der Waals surface area contributed by atoms with Crippen LogP contribution in [-0.4, -0.2) is 33.4 Å². The van der Waals surface area contributed by atoms with Crippen LogP contribution in [0.1, 0.15) is 44.1 Å². The van der Waals surface area contributed by atoms with Crippen LogP contribution in [0.3, 0.4) is 0 Å². The van der Waals surface area contributed by atoms with Crippen LogP contribution in [0.4, 0.5) is 4.79 Å². The van der Waals surface area contributed by atoms with Gasteiger partial charge < -0.3 is 14.5 Å². The molecule has 1 fully saturated rings. The van der Waals surface area contributed by atoms with Crippen LogP contribution in [-0.2, 0) is 11.4 Å². The van der Waals surface area contributed by atoms with E-state index in [1.807, 2.05) is 31.2 Å². The van der Waals surface area contributed by atoms with Crippen LogP contribution in [0, 0.1) is 6.92 Å². The third-order valence-electron chi connectivity index (χ3n) is 4.37. The monoisotopic (exact) mass is 404 g/mol. The number of hydrogen-bond acceptors (Lipinski definition) is 7. The van der Waals surface area contributed by atoms with E-state index in [1.54, 1.807) is 6.92 Å². The maximum absolute atomic E-state index is 12.2. The van der Waals surface area contributed by atoms with Crippen molar-refractivity contribution < 1.29 is 18.7 Å². The van der Waals surface area contributed by atoms with Gasteiger partial charge in [0.2, 0.25) is 5.91 Å². The smallest absolute Gasteiger partial charge is 0.321 e. The van der Waals surface area contributed by atoms with Crippen LogP contribution < -0.4 is 15.4 Å². The molecule has 3 rings (SSSR count). The first-order valence-corrected chi connectivity index (χ1v) is 10.2. The van der Waals surface area contributed by atoms with Crippen molar-refractivity contribution in [3.8, 4) is 5.75 Å². The lowest BCUT2D eigenvalue weighted by molar-refractivity contribution is -0.119. The highest BCUT2D eigenvalue weighted by Crippen LogP contribution is 2.23. The first-order valence-electron chi connectivity index (χ1n) is 9.29. The summed E-state index contributed by atoms with van der Waals surface area (Å²) in [6.07, 6.45) is 4.14. The number of ether oxygens (including phenoxy) is 1. The molecule has 1 aromatic carbocycles. The predicted molar refractivity (Wildman–Crippen MR) is 104 cm³/mol. The fraction of sp³-hybridized carbons (Fsp3) is 0.474. The second-order valence-corrected chi connectivity index (χ2v) is 8.06. The number of carbonyl (C=O) groups is 2. The van der Waals surface area contributed by atoms with Crippen LogP contribution >= 0.6 is 11.8 Å². The van der Waals surface area contributed by atoms with E-state index in [4.69, 9.17) is 9.15 Å². The van der Waals surface area contributed by atoms with E-state index in [2.05, 4.69) is 20.8 Å². The highest BCUT2D eigenvalue weighted by atomic mass is 32.2. The van der Waals surface area contributed by atoms with E-state index >= 15 is 0 Å². The second-order valence-electron chi connectivity index (χ2n) is 6.77. The number of rotatable bonds is 7. The first kappa shape index (κ1) is 20.2. The molecule has 2 aromatic rings. The van der Waals surface area contributed by atoms with E-state index in [0.717, 1.165) is 43.0 Å². The Morgan fingerprint density at radius 2 is 2.11 bits per heavy atom. The number of aryl methyl sites for hydroxylation is 1. The molecule has 1 aromatic heterocycles. The van der Waals surface area contributed by atoms with Gasteiger partial charge >= 0.3 is 6.03 Å². The molecule has 0 unspecified atom stereocenters. The van der Waals surface area contributed by atoms with E-state index in [0.29, 0.717) is 11.6 Å². The van der Waals surface area contributed by atoms with Crippen molar-refractivity contribution in [2.75, 3.05) is 0 Å². The van der Waals surface area contributed by atoms with Crippen LogP contribution in [0.2, 0.25) is 0 Å². The Kier molecular flexibility index (Phi) is 6.91. The van der Waals surface area contributed by atoms with Gasteiger partial charge in [-0.2, -0.15) is 0 Å². The van der Waals surface area contributed by atoms with Gasteiger partial charge in [-0.1, -0.05) is 36.7 Å². The van der Waals surface area contributed by atoms with Crippen LogP contribution in [0.25, 0.3) is 0 Å². The molecule has 28 heavy (non-hydrogen) atoms. The highest BCUT2D eigenvalue weighted by Gasteiger charge is 2.22. The number of urea groups is 1. The number of nitrogens with zero attached hydrogens (tertiary/aromatic N) is 2. The average molecular weight is 404 g/mol. The van der Waals surface area contributed by atoms with E-state index < -0.39 is 17.2 Å². The van der Waals surface area contributed by atoms with Crippen molar-refractivity contribution in [1.82, 2.24) is 20.8 Å². The normalized spacial score (nSPS) is 15.2. The summed E-state index contributed by atoms with van der Waals surface area (Å²) in [6.45, 7) is 3.80. The third-order valence-corrected chi connectivity index (χ3v) is 5.31. The zero-order valence-corrected chi connectivity index (χ0v) is 16.8. The van der Waals surface area contributed by atoms with Gasteiger partial charge in [-0.05, 0) is 44.4 Å². The zero-order chi connectivity index (χ0) is 19.9. The zero-order valence-electron chi connectivity index (χ0n) is 15.9. The van der Waals surface area contributed by atoms with Crippen molar-refractivity contribution in [3.63, 3.8) is 0 Å². The number of carbonyl (C=O) groups excluding carboxylic acids is 2. The summed E-state index contributed by atoms with van der Waals surface area (Å²) in [5.74, 6) is 0.625. The minimum atomic E-state index is -0.555. The molecule has 0 radical (unpaired) electrons. The summed E-state index contributed by atoms with van der Waals surface area (Å²) < 4.78 is 11.1. The maximum atomic E-state index is 12.2. The minimum Gasteiger partial charge on any atom is -0.484 e. The SMILES string of the molecule is Cc1cccc(OCc2nnc(S[C@@H](C)C(=O)NC(=O)NC3CCCC3)o2)c1. The Hall–Kier alpha value is -2.55. The summed E-state index contributed by atoms with van der Waals surface area (Å²) in [4.78, 5) is 24.1. The molecule has 9 heteroatoms. The number of aromatic nitrogens is 2. The van der Waals surface area contributed by atoms with Crippen LogP contribution in [0.5, 0.6) is 5.75 Å². The van der Waals surface area contributed by atoms with Gasteiger partial charge in [0, 0.05) is 6.04 Å². The van der Waals surface area contributed by atoms with Crippen molar-refractivity contribution in [3.05, 3.63) is 35.7 Å². The van der Waals surface area contributed by atoms with E-state index in [1.165, 1.54) is 0 Å². The standard InChI is InChI=1S/C19H24N4O4S/c1-12-6-5-9-15(10-12)26-11-16-22-23-19(27-16)28-13(2)17(24)21-18(25)20-14-7-3-4-8-14/h5-6,9-10,13-14H,3-4,7-8,11H2,1-2H3,(H2,20,21,24,25)/t13-/m0/s1. The van der Waals surface area contributed by atoms with Crippen molar-refractivity contribution in [2.24, 2.45) is 0 Å². The van der Waals surface area contributed by atoms with Gasteiger partial charge in [0.05, 0.1) is 5.25 Å². The van der Waals surface area contributed by atoms with E-state index in [9.17, 15) is 9.59 Å². The molecular weight excluding hydrogens is 380 g/mol. The Morgan fingerprint density at radius 3 is 2.86 bits per heavy atom. The topological polar surface area (TPSA) is 106 Å². The summed E-state index contributed by atoms with van der Waals surface area (Å²) in [5, 5.41) is 12.7. The lowest BCUT2D eigenvalue weighted by Gasteiger charge is -2.13. The Morgan fingerprint density at radius 1 is 1.32 bits per heavy atom. The summed E-state index contributed by atoms with van der Waals surface area (Å²) in [7, 11) is 0. The molecule has 2 N–H and O–H groups in total. The molecule has 1 heterocycles. The number of amides is 3. The van der Waals surface area contributed by atoms with Crippen molar-refractivity contribution >= 4 is 23.7 Å². The first-order chi connectivity index (χ1) is 13.5. The average Bonchev–Trinajstić information content (AvgIpc) is 3.32. The molecule has 1 aliphatic rings. The van der Waals surface area contributed by atoms with Gasteiger partial charge in [0.25, 0.3) is 11.1 Å². The van der Waals surface area contributed by atoms with Crippen molar-refractivity contribution in [1.29, 1.82) is 0 Å². The maximum Gasteiger partial charge on any atom is 0.321 e. The molecule has 8 nitrogen and oxygen atoms in total. The summed E-state index contributed by atoms with van der Waals surface area (Å²) >= 11 is 1.09. The Balaban J connectivity index is 1.44. The number of thioether (sulfide) groups is 1. The molecule has 0 spiro atoms. The molecule has 0 saturated heterocycles. The Labute approximate surface area is 167 Å². The van der Waals surface area contributed by atoms with Gasteiger partial charge in [-0.15, -0.1) is 10.2 Å². The molecule has 3 amide bonds. The molecular formula is C19H24N4O4S. The second kappa shape index (κ2) is 9.59. The number of hydrogen-bond donors (Lipinski definition) is 2. The van der Waals surface area contributed by atoms with Gasteiger partial charge in [-0.25, -0.2) is 4.79 Å². The molecule has 1 saturated carbocycles. The summed E-state index contributed by atoms with van der Waals surface area (Å²) in [6, 6.07) is 7.35.